The Hall–Kier alpha value is -1.89. The molecule has 1 aromatic heterocycles. The summed E-state index contributed by atoms with van der Waals surface area (Å²) in [7, 11) is 0. The van der Waals surface area contributed by atoms with Crippen molar-refractivity contribution in [3.05, 3.63) is 21.4 Å². The van der Waals surface area contributed by atoms with Gasteiger partial charge in [-0.05, 0) is 30.9 Å². The standard InChI is InChI=1S/C17H25N3O3S/c1-5-13-11(4)6-14(24-13)17(23)19-18-16(22)12-7-15(21)20(9-12)8-10(2)3/h6,10,12H,5,7-9H2,1-4H3,(H,18,22)(H,19,23). The molecule has 7 heteroatoms. The molecule has 1 saturated heterocycles. The molecule has 0 saturated carbocycles. The molecule has 1 aromatic rings. The number of aryl methyl sites for hydroxylation is 2. The lowest BCUT2D eigenvalue weighted by molar-refractivity contribution is -0.129. The molecule has 0 aromatic carbocycles. The highest BCUT2D eigenvalue weighted by atomic mass is 32.1. The summed E-state index contributed by atoms with van der Waals surface area (Å²) in [6, 6.07) is 1.83. The van der Waals surface area contributed by atoms with Gasteiger partial charge in [0.05, 0.1) is 10.8 Å². The van der Waals surface area contributed by atoms with Gasteiger partial charge in [0, 0.05) is 24.4 Å². The van der Waals surface area contributed by atoms with Crippen LogP contribution in [0.3, 0.4) is 0 Å². The quantitative estimate of drug-likeness (QED) is 0.795. The molecule has 0 aliphatic carbocycles. The normalized spacial score (nSPS) is 17.5. The van der Waals surface area contributed by atoms with Crippen LogP contribution in [0, 0.1) is 18.8 Å². The second kappa shape index (κ2) is 7.79. The minimum atomic E-state index is -0.409. The molecule has 1 atom stereocenters. The zero-order valence-corrected chi connectivity index (χ0v) is 15.5. The van der Waals surface area contributed by atoms with E-state index < -0.39 is 5.92 Å². The van der Waals surface area contributed by atoms with E-state index >= 15 is 0 Å². The largest absolute Gasteiger partial charge is 0.342 e. The number of nitrogens with zero attached hydrogens (tertiary/aromatic N) is 1. The third-order valence-corrected chi connectivity index (χ3v) is 5.42. The number of hydrogen-bond acceptors (Lipinski definition) is 4. The molecule has 2 N–H and O–H groups in total. The molecular formula is C17H25N3O3S. The van der Waals surface area contributed by atoms with E-state index in [-0.39, 0.29) is 24.1 Å². The Bertz CT molecular complexity index is 639. The predicted octanol–water partition coefficient (Wildman–Crippen LogP) is 1.88. The Morgan fingerprint density at radius 2 is 2.08 bits per heavy atom. The van der Waals surface area contributed by atoms with Gasteiger partial charge in [0.1, 0.15) is 0 Å². The molecule has 24 heavy (non-hydrogen) atoms. The number of carbonyl (C=O) groups is 3. The van der Waals surface area contributed by atoms with Crippen molar-refractivity contribution < 1.29 is 14.4 Å². The van der Waals surface area contributed by atoms with Crippen LogP contribution in [0.5, 0.6) is 0 Å². The van der Waals surface area contributed by atoms with Gasteiger partial charge in [-0.25, -0.2) is 0 Å². The van der Waals surface area contributed by atoms with Crippen LogP contribution >= 0.6 is 11.3 Å². The first-order valence-electron chi connectivity index (χ1n) is 8.29. The Balaban J connectivity index is 1.86. The molecule has 0 spiro atoms. The molecular weight excluding hydrogens is 326 g/mol. The third-order valence-electron chi connectivity index (χ3n) is 4.04. The number of likely N-dealkylation sites (tertiary alicyclic amines) is 1. The Labute approximate surface area is 146 Å². The lowest BCUT2D eigenvalue weighted by atomic mass is 10.1. The van der Waals surface area contributed by atoms with Crippen LogP contribution < -0.4 is 10.9 Å². The topological polar surface area (TPSA) is 78.5 Å². The van der Waals surface area contributed by atoms with E-state index in [4.69, 9.17) is 0 Å². The van der Waals surface area contributed by atoms with E-state index in [2.05, 4.69) is 10.9 Å². The second-order valence-corrected chi connectivity index (χ2v) is 7.74. The van der Waals surface area contributed by atoms with Crippen LogP contribution in [0.1, 0.15) is 47.3 Å². The summed E-state index contributed by atoms with van der Waals surface area (Å²) in [6.07, 6.45) is 1.08. The second-order valence-electron chi connectivity index (χ2n) is 6.61. The first kappa shape index (κ1) is 18.4. The number of thiophene rings is 1. The van der Waals surface area contributed by atoms with Gasteiger partial charge in [-0.3, -0.25) is 25.2 Å². The maximum atomic E-state index is 12.2. The summed E-state index contributed by atoms with van der Waals surface area (Å²) in [5.74, 6) is -0.679. The van der Waals surface area contributed by atoms with Crippen LogP contribution in [-0.2, 0) is 16.0 Å². The van der Waals surface area contributed by atoms with Crippen LogP contribution in [0.4, 0.5) is 0 Å². The number of carbonyl (C=O) groups excluding carboxylic acids is 3. The first-order chi connectivity index (χ1) is 11.3. The fraction of sp³-hybridized carbons (Fsp3) is 0.588. The SMILES string of the molecule is CCc1sc(C(=O)NNC(=O)C2CC(=O)N(CC(C)C)C2)cc1C. The number of nitrogens with one attached hydrogen (secondary N) is 2. The molecule has 2 rings (SSSR count). The van der Waals surface area contributed by atoms with E-state index in [1.807, 2.05) is 33.8 Å². The fourth-order valence-electron chi connectivity index (χ4n) is 2.83. The Kier molecular flexibility index (Phi) is 5.99. The minimum absolute atomic E-state index is 0.00311. The average Bonchev–Trinajstić information content (AvgIpc) is 3.07. The highest BCUT2D eigenvalue weighted by molar-refractivity contribution is 7.14. The molecule has 132 valence electrons. The van der Waals surface area contributed by atoms with Gasteiger partial charge >= 0.3 is 0 Å². The van der Waals surface area contributed by atoms with Crippen molar-refractivity contribution in [3.8, 4) is 0 Å². The number of hydrazine groups is 1. The molecule has 0 bridgehead atoms. The summed E-state index contributed by atoms with van der Waals surface area (Å²) in [5, 5.41) is 0. The molecule has 2 heterocycles. The van der Waals surface area contributed by atoms with Crippen molar-refractivity contribution >= 4 is 29.1 Å². The van der Waals surface area contributed by atoms with Gasteiger partial charge < -0.3 is 4.90 Å². The summed E-state index contributed by atoms with van der Waals surface area (Å²) >= 11 is 1.43. The van der Waals surface area contributed by atoms with Gasteiger partial charge in [-0.2, -0.15) is 0 Å². The van der Waals surface area contributed by atoms with Crippen LogP contribution in [-0.4, -0.2) is 35.7 Å². The van der Waals surface area contributed by atoms with E-state index in [9.17, 15) is 14.4 Å². The van der Waals surface area contributed by atoms with Crippen LogP contribution in [0.2, 0.25) is 0 Å². The summed E-state index contributed by atoms with van der Waals surface area (Å²) in [6.45, 7) is 9.16. The fourth-order valence-corrected chi connectivity index (χ4v) is 3.84. The lowest BCUT2D eigenvalue weighted by Gasteiger charge is -2.18. The van der Waals surface area contributed by atoms with Crippen LogP contribution in [0.15, 0.2) is 6.07 Å². The molecule has 3 amide bonds. The smallest absolute Gasteiger partial charge is 0.279 e. The number of rotatable bonds is 5. The van der Waals surface area contributed by atoms with Crippen molar-refractivity contribution in [3.63, 3.8) is 0 Å². The number of hydrogen-bond donors (Lipinski definition) is 2. The molecule has 1 unspecified atom stereocenters. The predicted molar refractivity (Wildman–Crippen MR) is 93.6 cm³/mol. The average molecular weight is 351 g/mol. The number of amides is 3. The van der Waals surface area contributed by atoms with E-state index in [1.165, 1.54) is 11.3 Å². The highest BCUT2D eigenvalue weighted by Crippen LogP contribution is 2.22. The highest BCUT2D eigenvalue weighted by Gasteiger charge is 2.34. The third kappa shape index (κ3) is 4.35. The van der Waals surface area contributed by atoms with Gasteiger partial charge in [-0.1, -0.05) is 20.8 Å². The van der Waals surface area contributed by atoms with Gasteiger partial charge in [0.2, 0.25) is 11.8 Å². The van der Waals surface area contributed by atoms with Gasteiger partial charge in [-0.15, -0.1) is 11.3 Å². The van der Waals surface area contributed by atoms with Crippen molar-refractivity contribution in [2.75, 3.05) is 13.1 Å². The van der Waals surface area contributed by atoms with Gasteiger partial charge in [0.25, 0.3) is 5.91 Å². The van der Waals surface area contributed by atoms with Crippen LogP contribution in [0.25, 0.3) is 0 Å². The summed E-state index contributed by atoms with van der Waals surface area (Å²) in [5.41, 5.74) is 5.99. The maximum Gasteiger partial charge on any atom is 0.279 e. The Morgan fingerprint density at radius 3 is 2.67 bits per heavy atom. The molecule has 6 nitrogen and oxygen atoms in total. The van der Waals surface area contributed by atoms with E-state index in [0.29, 0.717) is 23.9 Å². The van der Waals surface area contributed by atoms with Gasteiger partial charge in [0.15, 0.2) is 0 Å². The zero-order valence-electron chi connectivity index (χ0n) is 14.6. The summed E-state index contributed by atoms with van der Waals surface area (Å²) in [4.78, 5) is 39.7. The zero-order chi connectivity index (χ0) is 17.9. The minimum Gasteiger partial charge on any atom is -0.342 e. The first-order valence-corrected chi connectivity index (χ1v) is 9.10. The molecule has 1 aliphatic rings. The Morgan fingerprint density at radius 1 is 1.38 bits per heavy atom. The van der Waals surface area contributed by atoms with Crippen molar-refractivity contribution in [1.82, 2.24) is 15.8 Å². The lowest BCUT2D eigenvalue weighted by Crippen LogP contribution is -2.45. The van der Waals surface area contributed by atoms with Crippen molar-refractivity contribution in [2.24, 2.45) is 11.8 Å². The molecule has 1 fully saturated rings. The molecule has 1 aliphatic heterocycles. The van der Waals surface area contributed by atoms with Crippen molar-refractivity contribution in [2.45, 2.75) is 40.5 Å². The van der Waals surface area contributed by atoms with E-state index in [1.54, 1.807) is 4.90 Å². The molecule has 0 radical (unpaired) electrons. The summed E-state index contributed by atoms with van der Waals surface area (Å²) < 4.78 is 0. The van der Waals surface area contributed by atoms with E-state index in [0.717, 1.165) is 16.9 Å². The van der Waals surface area contributed by atoms with Crippen molar-refractivity contribution in [1.29, 1.82) is 0 Å². The monoisotopic (exact) mass is 351 g/mol. The maximum absolute atomic E-state index is 12.2.